The van der Waals surface area contributed by atoms with Crippen LogP contribution in [-0.2, 0) is 0 Å². The minimum atomic E-state index is 0.699. The van der Waals surface area contributed by atoms with E-state index in [0.29, 0.717) is 5.82 Å². The van der Waals surface area contributed by atoms with Crippen LogP contribution in [0.2, 0.25) is 0 Å². The van der Waals surface area contributed by atoms with E-state index in [2.05, 4.69) is 152 Å². The smallest absolute Gasteiger partial charge is 0.160 e. The molecule has 10 rings (SSSR count). The van der Waals surface area contributed by atoms with E-state index in [-0.39, 0.29) is 0 Å². The molecule has 228 valence electrons. The highest BCUT2D eigenvalue weighted by atomic mass is 32.1. The molecule has 0 saturated heterocycles. The average molecular weight is 642 g/mol. The molecule has 0 spiro atoms. The summed E-state index contributed by atoms with van der Waals surface area (Å²) < 4.78 is 2.56. The Morgan fingerprint density at radius 3 is 1.73 bits per heavy atom. The third-order valence-electron chi connectivity index (χ3n) is 9.47. The van der Waals surface area contributed by atoms with Gasteiger partial charge in [-0.1, -0.05) is 127 Å². The van der Waals surface area contributed by atoms with E-state index in [0.717, 1.165) is 55.3 Å². The Kier molecular flexibility index (Phi) is 6.36. The molecule has 3 heterocycles. The quantitative estimate of drug-likeness (QED) is 0.180. The van der Waals surface area contributed by atoms with Crippen LogP contribution in [0.4, 0.5) is 0 Å². The molecule has 0 atom stereocenters. The lowest BCUT2D eigenvalue weighted by Gasteiger charge is -2.14. The van der Waals surface area contributed by atoms with Gasteiger partial charge in [0.1, 0.15) is 0 Å². The van der Waals surface area contributed by atoms with Crippen LogP contribution in [0.25, 0.3) is 97.8 Å². The van der Waals surface area contributed by atoms with Crippen LogP contribution in [0.15, 0.2) is 164 Å². The number of thiophene rings is 1. The highest BCUT2D eigenvalue weighted by Crippen LogP contribution is 2.44. The van der Waals surface area contributed by atoms with E-state index in [1.165, 1.54) is 36.7 Å². The molecule has 0 unspecified atom stereocenters. The van der Waals surface area contributed by atoms with Gasteiger partial charge < -0.3 is 0 Å². The van der Waals surface area contributed by atoms with Gasteiger partial charge in [-0.3, -0.25) is 0 Å². The summed E-state index contributed by atoms with van der Waals surface area (Å²) in [5.41, 5.74) is 9.31. The molecule has 0 radical (unpaired) electrons. The maximum Gasteiger partial charge on any atom is 0.160 e. The van der Waals surface area contributed by atoms with Crippen LogP contribution >= 0.6 is 11.3 Å². The molecule has 0 N–H and O–H groups in total. The zero-order valence-corrected chi connectivity index (χ0v) is 27.2. The number of para-hydroxylation sites is 1. The molecule has 0 aliphatic heterocycles. The summed E-state index contributed by atoms with van der Waals surface area (Å²) in [4.78, 5) is 15.7. The van der Waals surface area contributed by atoms with E-state index >= 15 is 0 Å². The highest BCUT2D eigenvalue weighted by molar-refractivity contribution is 7.26. The Labute approximate surface area is 286 Å². The van der Waals surface area contributed by atoms with Crippen molar-refractivity contribution in [3.05, 3.63) is 164 Å². The average Bonchev–Trinajstić information content (AvgIpc) is 3.57. The molecule has 3 nitrogen and oxygen atoms in total. The molecule has 7 aromatic carbocycles. The van der Waals surface area contributed by atoms with Crippen LogP contribution in [0.5, 0.6) is 0 Å². The number of nitrogens with zero attached hydrogens (tertiary/aromatic N) is 3. The second-order valence-electron chi connectivity index (χ2n) is 12.4. The van der Waals surface area contributed by atoms with Gasteiger partial charge in [0, 0.05) is 58.4 Å². The molecule has 0 amide bonds. The summed E-state index contributed by atoms with van der Waals surface area (Å²) in [7, 11) is 0. The predicted octanol–water partition coefficient (Wildman–Crippen LogP) is 12.4. The number of benzene rings is 7. The SMILES string of the molecule is c1ccc(-c2ccc(-c3nc(-c4ccc5nc(-c6ccccc6)c6ccc7sc8ccccc8c7c6c5c4)nc4ccccc34)cc2)cc1. The fourth-order valence-corrected chi connectivity index (χ4v) is 8.25. The lowest BCUT2D eigenvalue weighted by atomic mass is 9.95. The second-order valence-corrected chi connectivity index (χ2v) is 13.5. The first-order valence-electron chi connectivity index (χ1n) is 16.4. The minimum Gasteiger partial charge on any atom is -0.247 e. The molecule has 4 heteroatoms. The van der Waals surface area contributed by atoms with Gasteiger partial charge in [-0.25, -0.2) is 15.0 Å². The topological polar surface area (TPSA) is 38.7 Å². The van der Waals surface area contributed by atoms with Crippen molar-refractivity contribution in [1.82, 2.24) is 15.0 Å². The van der Waals surface area contributed by atoms with Gasteiger partial charge in [-0.15, -0.1) is 11.3 Å². The largest absolute Gasteiger partial charge is 0.247 e. The van der Waals surface area contributed by atoms with Gasteiger partial charge in [-0.05, 0) is 47.5 Å². The third-order valence-corrected chi connectivity index (χ3v) is 10.6. The number of pyridine rings is 1. The van der Waals surface area contributed by atoms with Gasteiger partial charge in [0.25, 0.3) is 0 Å². The molecule has 3 aromatic heterocycles. The van der Waals surface area contributed by atoms with Gasteiger partial charge in [-0.2, -0.15) is 0 Å². The molecule has 0 aliphatic carbocycles. The number of fused-ring (bicyclic) bond motifs is 8. The van der Waals surface area contributed by atoms with Crippen molar-refractivity contribution in [2.75, 3.05) is 0 Å². The van der Waals surface area contributed by atoms with E-state index < -0.39 is 0 Å². The van der Waals surface area contributed by atoms with Crippen LogP contribution in [0.3, 0.4) is 0 Å². The predicted molar refractivity (Wildman–Crippen MR) is 207 cm³/mol. The van der Waals surface area contributed by atoms with Crippen molar-refractivity contribution in [3.63, 3.8) is 0 Å². The Hall–Kier alpha value is -6.23. The van der Waals surface area contributed by atoms with Gasteiger partial charge >= 0.3 is 0 Å². The number of rotatable bonds is 4. The Morgan fingerprint density at radius 2 is 0.918 bits per heavy atom. The Balaban J connectivity index is 1.22. The van der Waals surface area contributed by atoms with Gasteiger partial charge in [0.05, 0.1) is 22.4 Å². The van der Waals surface area contributed by atoms with Crippen LogP contribution in [0, 0.1) is 0 Å². The fourth-order valence-electron chi connectivity index (χ4n) is 7.14. The lowest BCUT2D eigenvalue weighted by Crippen LogP contribution is -1.96. The minimum absolute atomic E-state index is 0.699. The van der Waals surface area contributed by atoms with Crippen molar-refractivity contribution in [1.29, 1.82) is 0 Å². The summed E-state index contributed by atoms with van der Waals surface area (Å²) in [5, 5.41) is 7.05. The lowest BCUT2D eigenvalue weighted by molar-refractivity contribution is 1.23. The normalized spacial score (nSPS) is 11.7. The van der Waals surface area contributed by atoms with Gasteiger partial charge in [0.2, 0.25) is 0 Å². The Morgan fingerprint density at radius 1 is 0.327 bits per heavy atom. The van der Waals surface area contributed by atoms with E-state index in [9.17, 15) is 0 Å². The van der Waals surface area contributed by atoms with Crippen LogP contribution in [-0.4, -0.2) is 15.0 Å². The maximum absolute atomic E-state index is 5.29. The molecule has 10 aromatic rings. The zero-order valence-electron chi connectivity index (χ0n) is 26.3. The van der Waals surface area contributed by atoms with Crippen LogP contribution < -0.4 is 0 Å². The molecule has 0 saturated carbocycles. The summed E-state index contributed by atoms with van der Waals surface area (Å²) in [6.45, 7) is 0. The molecule has 0 bridgehead atoms. The summed E-state index contributed by atoms with van der Waals surface area (Å²) in [6, 6.07) is 57.7. The molecule has 0 fully saturated rings. The van der Waals surface area contributed by atoms with Gasteiger partial charge in [0.15, 0.2) is 5.82 Å². The molecular formula is C45H27N3S. The summed E-state index contributed by atoms with van der Waals surface area (Å²) >= 11 is 1.84. The van der Waals surface area contributed by atoms with E-state index in [1.807, 2.05) is 23.5 Å². The zero-order chi connectivity index (χ0) is 32.3. The van der Waals surface area contributed by atoms with Crippen molar-refractivity contribution < 1.29 is 0 Å². The Bertz CT molecular complexity index is 2860. The summed E-state index contributed by atoms with van der Waals surface area (Å²) in [5.74, 6) is 0.699. The standard InChI is InChI=1S/C45H27N3S/c1-3-11-28(12-4-1)29-19-21-31(22-20-29)43-33-15-7-9-17-37(33)47-45(48-43)32-23-25-38-36(27-32)41-35(44(46-38)30-13-5-2-6-14-30)24-26-40-42(41)34-16-8-10-18-39(34)49-40/h1-27H. The molecular weight excluding hydrogens is 615 g/mol. The number of hydrogen-bond donors (Lipinski definition) is 0. The highest BCUT2D eigenvalue weighted by Gasteiger charge is 2.18. The first kappa shape index (κ1) is 27.8. The monoisotopic (exact) mass is 641 g/mol. The second kappa shape index (κ2) is 11.2. The molecule has 49 heavy (non-hydrogen) atoms. The molecule has 0 aliphatic rings. The number of aromatic nitrogens is 3. The first-order valence-corrected chi connectivity index (χ1v) is 17.3. The van der Waals surface area contributed by atoms with Crippen LogP contribution in [0.1, 0.15) is 0 Å². The van der Waals surface area contributed by atoms with Crippen molar-refractivity contribution in [3.8, 4) is 45.0 Å². The van der Waals surface area contributed by atoms with E-state index in [4.69, 9.17) is 15.0 Å². The van der Waals surface area contributed by atoms with Crippen molar-refractivity contribution in [2.24, 2.45) is 0 Å². The first-order chi connectivity index (χ1) is 24.3. The maximum atomic E-state index is 5.29. The van der Waals surface area contributed by atoms with Crippen molar-refractivity contribution >= 4 is 64.1 Å². The van der Waals surface area contributed by atoms with Crippen molar-refractivity contribution in [2.45, 2.75) is 0 Å². The number of hydrogen-bond acceptors (Lipinski definition) is 4. The summed E-state index contributed by atoms with van der Waals surface area (Å²) in [6.07, 6.45) is 0. The fraction of sp³-hybridized carbons (Fsp3) is 0. The third kappa shape index (κ3) is 4.61. The van der Waals surface area contributed by atoms with E-state index in [1.54, 1.807) is 0 Å².